The van der Waals surface area contributed by atoms with Crippen LogP contribution >= 0.6 is 0 Å². The molecule has 0 aliphatic rings. The van der Waals surface area contributed by atoms with E-state index in [1.54, 1.807) is 24.3 Å². The molecule has 6 heteroatoms. The highest BCUT2D eigenvalue weighted by molar-refractivity contribution is 5.78. The summed E-state index contributed by atoms with van der Waals surface area (Å²) in [7, 11) is 0. The largest absolute Gasteiger partial charge is 0.508 e. The second-order valence-corrected chi connectivity index (χ2v) is 7.57. The van der Waals surface area contributed by atoms with Crippen molar-refractivity contribution in [1.82, 2.24) is 9.97 Å². The third kappa shape index (κ3) is 6.60. The number of phenolic OH excluding ortho intramolecular Hbond substituents is 2. The summed E-state index contributed by atoms with van der Waals surface area (Å²) < 4.78 is 4.95. The van der Waals surface area contributed by atoms with Crippen LogP contribution in [0, 0.1) is 0 Å². The van der Waals surface area contributed by atoms with Gasteiger partial charge < -0.3 is 19.9 Å². The van der Waals surface area contributed by atoms with E-state index in [9.17, 15) is 15.0 Å². The van der Waals surface area contributed by atoms with Crippen LogP contribution in [0.2, 0.25) is 0 Å². The maximum absolute atomic E-state index is 11.4. The average Bonchev–Trinajstić information content (AvgIpc) is 3.18. The number of carbonyl (C=O) groups excluding carboxylic acids is 1. The molecule has 0 fully saturated rings. The molecule has 3 aromatic rings. The summed E-state index contributed by atoms with van der Waals surface area (Å²) in [4.78, 5) is 19.6. The third-order valence-corrected chi connectivity index (χ3v) is 5.15. The molecule has 0 bridgehead atoms. The minimum absolute atomic E-state index is 0.110. The highest BCUT2D eigenvalue weighted by atomic mass is 16.5. The van der Waals surface area contributed by atoms with Crippen LogP contribution in [0.4, 0.5) is 0 Å². The normalized spacial score (nSPS) is 10.9. The number of H-pyrrole nitrogens is 1. The number of aromatic hydroxyl groups is 2. The van der Waals surface area contributed by atoms with Crippen LogP contribution in [0.25, 0.3) is 22.5 Å². The number of hydrogen-bond acceptors (Lipinski definition) is 5. The van der Waals surface area contributed by atoms with Gasteiger partial charge in [0.25, 0.3) is 0 Å². The number of nitrogens with zero attached hydrogens (tertiary/aromatic N) is 1. The van der Waals surface area contributed by atoms with Crippen molar-refractivity contribution < 1.29 is 19.7 Å². The molecule has 0 spiro atoms. The smallest absolute Gasteiger partial charge is 0.305 e. The van der Waals surface area contributed by atoms with E-state index >= 15 is 0 Å². The van der Waals surface area contributed by atoms with Crippen molar-refractivity contribution in [3.8, 4) is 34.0 Å². The number of aromatic nitrogens is 2. The Morgan fingerprint density at radius 2 is 1.45 bits per heavy atom. The SMILES string of the molecule is CCOC(=O)CCCCCCCc1nc(-c2ccc(O)cc2)c(-c2ccc(O)cc2)[nH]1. The molecule has 0 atom stereocenters. The van der Waals surface area contributed by atoms with Crippen LogP contribution in [0.3, 0.4) is 0 Å². The fraction of sp³-hybridized carbons (Fsp3) is 0.360. The summed E-state index contributed by atoms with van der Waals surface area (Å²) in [5.41, 5.74) is 3.59. The Labute approximate surface area is 182 Å². The predicted octanol–water partition coefficient (Wildman–Crippen LogP) is 5.60. The molecule has 3 rings (SSSR count). The number of imidazole rings is 1. The topological polar surface area (TPSA) is 95.4 Å². The Bertz CT molecular complexity index is 899. The van der Waals surface area contributed by atoms with Gasteiger partial charge in [0.05, 0.1) is 18.0 Å². The van der Waals surface area contributed by atoms with Crippen molar-refractivity contribution in [2.45, 2.75) is 51.9 Å². The molecule has 164 valence electrons. The Kier molecular flexibility index (Phi) is 8.10. The van der Waals surface area contributed by atoms with Gasteiger partial charge in [-0.3, -0.25) is 4.79 Å². The number of esters is 1. The summed E-state index contributed by atoms with van der Waals surface area (Å²) in [6, 6.07) is 14.0. The minimum atomic E-state index is -0.110. The number of phenols is 2. The Morgan fingerprint density at radius 1 is 0.871 bits per heavy atom. The zero-order valence-electron chi connectivity index (χ0n) is 17.9. The highest BCUT2D eigenvalue weighted by Crippen LogP contribution is 2.32. The van der Waals surface area contributed by atoms with E-state index in [1.165, 1.54) is 0 Å². The van der Waals surface area contributed by atoms with E-state index in [4.69, 9.17) is 9.72 Å². The van der Waals surface area contributed by atoms with E-state index in [0.717, 1.165) is 66.9 Å². The monoisotopic (exact) mass is 422 g/mol. The fourth-order valence-electron chi connectivity index (χ4n) is 3.53. The van der Waals surface area contributed by atoms with Crippen molar-refractivity contribution in [2.75, 3.05) is 6.61 Å². The van der Waals surface area contributed by atoms with Gasteiger partial charge in [0.15, 0.2) is 0 Å². The first-order valence-electron chi connectivity index (χ1n) is 10.9. The summed E-state index contributed by atoms with van der Waals surface area (Å²) in [5.74, 6) is 1.24. The van der Waals surface area contributed by atoms with Gasteiger partial charge in [0.1, 0.15) is 17.3 Å². The molecule has 6 nitrogen and oxygen atoms in total. The lowest BCUT2D eigenvalue weighted by Crippen LogP contribution is -2.03. The molecular weight excluding hydrogens is 392 g/mol. The molecule has 0 unspecified atom stereocenters. The number of aryl methyl sites for hydroxylation is 1. The zero-order valence-corrected chi connectivity index (χ0v) is 17.9. The third-order valence-electron chi connectivity index (χ3n) is 5.15. The van der Waals surface area contributed by atoms with Gasteiger partial charge in [0.2, 0.25) is 0 Å². The number of rotatable bonds is 11. The number of benzene rings is 2. The summed E-state index contributed by atoms with van der Waals surface area (Å²) >= 11 is 0. The summed E-state index contributed by atoms with van der Waals surface area (Å²) in [5, 5.41) is 19.2. The molecule has 1 heterocycles. The highest BCUT2D eigenvalue weighted by Gasteiger charge is 2.14. The molecule has 0 saturated heterocycles. The van der Waals surface area contributed by atoms with Crippen LogP contribution in [0.5, 0.6) is 11.5 Å². The second kappa shape index (κ2) is 11.2. The first kappa shape index (κ1) is 22.4. The van der Waals surface area contributed by atoms with Crippen LogP contribution in [-0.4, -0.2) is 32.8 Å². The molecule has 0 amide bonds. The van der Waals surface area contributed by atoms with Crippen molar-refractivity contribution in [3.63, 3.8) is 0 Å². The van der Waals surface area contributed by atoms with Crippen molar-refractivity contribution in [3.05, 3.63) is 54.4 Å². The van der Waals surface area contributed by atoms with Gasteiger partial charge in [-0.15, -0.1) is 0 Å². The van der Waals surface area contributed by atoms with E-state index in [1.807, 2.05) is 31.2 Å². The molecule has 2 aromatic carbocycles. The van der Waals surface area contributed by atoms with Crippen molar-refractivity contribution in [2.24, 2.45) is 0 Å². The maximum atomic E-state index is 11.4. The number of ether oxygens (including phenoxy) is 1. The lowest BCUT2D eigenvalue weighted by atomic mass is 10.0. The Balaban J connectivity index is 1.61. The molecule has 0 aliphatic heterocycles. The molecule has 1 aromatic heterocycles. The quantitative estimate of drug-likeness (QED) is 0.276. The summed E-state index contributed by atoms with van der Waals surface area (Å²) in [6.45, 7) is 2.27. The standard InChI is InChI=1S/C25H30N2O4/c1-2-31-23(30)9-7-5-3-4-6-8-22-26-24(18-10-14-20(28)15-11-18)25(27-22)19-12-16-21(29)17-13-19/h10-17,28-29H,2-9H2,1H3,(H,26,27). The lowest BCUT2D eigenvalue weighted by Gasteiger charge is -2.04. The van der Waals surface area contributed by atoms with Gasteiger partial charge in [-0.2, -0.15) is 0 Å². The second-order valence-electron chi connectivity index (χ2n) is 7.57. The molecule has 3 N–H and O–H groups in total. The van der Waals surface area contributed by atoms with Crippen LogP contribution in [0.1, 0.15) is 51.3 Å². The number of nitrogens with one attached hydrogen (secondary N) is 1. The lowest BCUT2D eigenvalue weighted by molar-refractivity contribution is -0.143. The summed E-state index contributed by atoms with van der Waals surface area (Å²) in [6.07, 6.45) is 6.39. The van der Waals surface area contributed by atoms with E-state index in [2.05, 4.69) is 4.98 Å². The van der Waals surface area contributed by atoms with Crippen LogP contribution in [0.15, 0.2) is 48.5 Å². The first-order valence-corrected chi connectivity index (χ1v) is 10.9. The molecule has 0 saturated carbocycles. The number of aromatic amines is 1. The minimum Gasteiger partial charge on any atom is -0.508 e. The van der Waals surface area contributed by atoms with Crippen molar-refractivity contribution in [1.29, 1.82) is 0 Å². The van der Waals surface area contributed by atoms with Gasteiger partial charge in [-0.25, -0.2) is 4.98 Å². The predicted molar refractivity (Wildman–Crippen MR) is 121 cm³/mol. The van der Waals surface area contributed by atoms with Gasteiger partial charge in [0, 0.05) is 24.0 Å². The number of unbranched alkanes of at least 4 members (excludes halogenated alkanes) is 4. The van der Waals surface area contributed by atoms with E-state index in [-0.39, 0.29) is 17.5 Å². The van der Waals surface area contributed by atoms with E-state index in [0.29, 0.717) is 13.0 Å². The number of hydrogen-bond donors (Lipinski definition) is 3. The Morgan fingerprint density at radius 3 is 2.10 bits per heavy atom. The van der Waals surface area contributed by atoms with Gasteiger partial charge in [-0.05, 0) is 68.3 Å². The van der Waals surface area contributed by atoms with Gasteiger partial charge in [-0.1, -0.05) is 19.3 Å². The first-order chi connectivity index (χ1) is 15.1. The molecule has 0 radical (unpaired) electrons. The van der Waals surface area contributed by atoms with Crippen molar-refractivity contribution >= 4 is 5.97 Å². The number of carbonyl (C=O) groups is 1. The van der Waals surface area contributed by atoms with E-state index < -0.39 is 0 Å². The fourth-order valence-corrected chi connectivity index (χ4v) is 3.53. The van der Waals surface area contributed by atoms with Crippen LogP contribution in [-0.2, 0) is 16.0 Å². The average molecular weight is 423 g/mol. The zero-order chi connectivity index (χ0) is 22.1. The molecular formula is C25H30N2O4. The molecule has 31 heavy (non-hydrogen) atoms. The van der Waals surface area contributed by atoms with Crippen LogP contribution < -0.4 is 0 Å². The molecule has 0 aliphatic carbocycles. The Hall–Kier alpha value is -3.28. The van der Waals surface area contributed by atoms with Gasteiger partial charge >= 0.3 is 5.97 Å². The maximum Gasteiger partial charge on any atom is 0.305 e.